The van der Waals surface area contributed by atoms with Crippen LogP contribution >= 0.6 is 12.2 Å². The summed E-state index contributed by atoms with van der Waals surface area (Å²) in [5.41, 5.74) is 2.68. The highest BCUT2D eigenvalue weighted by molar-refractivity contribution is 7.71. The normalized spacial score (nSPS) is 16.7. The number of aryl methyl sites for hydroxylation is 1. The molecule has 1 aromatic carbocycles. The van der Waals surface area contributed by atoms with Gasteiger partial charge in [0.25, 0.3) is 4.84 Å². The number of nitrogens with zero attached hydrogens (tertiary/aromatic N) is 1. The molecule has 0 aliphatic heterocycles. The quantitative estimate of drug-likeness (QED) is 0.851. The number of benzene rings is 1. The van der Waals surface area contributed by atoms with E-state index in [2.05, 4.69) is 41.4 Å². The average molecular weight is 260 g/mol. The summed E-state index contributed by atoms with van der Waals surface area (Å²) in [5, 5.41) is 6.81. The number of hydrogen-bond acceptors (Lipinski definition) is 3. The van der Waals surface area contributed by atoms with Gasteiger partial charge in [0.1, 0.15) is 0 Å². The highest BCUT2D eigenvalue weighted by Crippen LogP contribution is 2.44. The molecule has 2 aromatic rings. The lowest BCUT2D eigenvalue weighted by molar-refractivity contribution is 0.446. The van der Waals surface area contributed by atoms with Crippen molar-refractivity contribution in [3.05, 3.63) is 46.1 Å². The van der Waals surface area contributed by atoms with Crippen molar-refractivity contribution in [2.75, 3.05) is 0 Å². The lowest BCUT2D eigenvalue weighted by Crippen LogP contribution is -2.05. The standard InChI is InChI=1S/C14H16N2OS/c1-9-2-4-10(5-3-9)12(11-6-7-11)8-13-15-16-14(18)17-13/h2-5,11-12H,6-8H2,1H3,(H,16,18). The zero-order chi connectivity index (χ0) is 12.5. The fraction of sp³-hybridized carbons (Fsp3) is 0.429. The third kappa shape index (κ3) is 2.53. The Hall–Kier alpha value is -1.42. The molecule has 1 aromatic heterocycles. The molecule has 1 saturated carbocycles. The predicted molar refractivity (Wildman–Crippen MR) is 72.0 cm³/mol. The van der Waals surface area contributed by atoms with Crippen LogP contribution in [0.1, 0.15) is 35.8 Å². The van der Waals surface area contributed by atoms with Crippen molar-refractivity contribution >= 4 is 12.2 Å². The summed E-state index contributed by atoms with van der Waals surface area (Å²) in [6.07, 6.45) is 3.45. The summed E-state index contributed by atoms with van der Waals surface area (Å²) < 4.78 is 5.39. The molecule has 1 aliphatic carbocycles. The Morgan fingerprint density at radius 2 is 2.11 bits per heavy atom. The topological polar surface area (TPSA) is 41.8 Å². The van der Waals surface area contributed by atoms with Gasteiger partial charge >= 0.3 is 0 Å². The minimum atomic E-state index is 0.364. The Balaban J connectivity index is 1.84. The number of aromatic nitrogens is 2. The summed E-state index contributed by atoms with van der Waals surface area (Å²) in [7, 11) is 0. The van der Waals surface area contributed by atoms with Gasteiger partial charge in [-0.25, -0.2) is 5.10 Å². The van der Waals surface area contributed by atoms with E-state index < -0.39 is 0 Å². The van der Waals surface area contributed by atoms with Gasteiger partial charge in [0, 0.05) is 6.42 Å². The van der Waals surface area contributed by atoms with Gasteiger partial charge in [-0.3, -0.25) is 0 Å². The predicted octanol–water partition coefficient (Wildman–Crippen LogP) is 3.78. The lowest BCUT2D eigenvalue weighted by Gasteiger charge is -2.14. The Kier molecular flexibility index (Phi) is 3.04. The number of H-pyrrole nitrogens is 1. The SMILES string of the molecule is Cc1ccc(C(Cc2n[nH]c(=S)o2)C2CC2)cc1. The summed E-state index contributed by atoms with van der Waals surface area (Å²) in [6, 6.07) is 8.79. The molecule has 1 atom stereocenters. The molecule has 0 radical (unpaired) electrons. The minimum Gasteiger partial charge on any atom is -0.414 e. The minimum absolute atomic E-state index is 0.364. The molecule has 3 nitrogen and oxygen atoms in total. The largest absolute Gasteiger partial charge is 0.414 e. The number of nitrogens with one attached hydrogen (secondary N) is 1. The third-order valence-electron chi connectivity index (χ3n) is 3.57. The summed E-state index contributed by atoms with van der Waals surface area (Å²) in [6.45, 7) is 2.11. The van der Waals surface area contributed by atoms with Gasteiger partial charge < -0.3 is 4.42 Å². The molecule has 0 spiro atoms. The van der Waals surface area contributed by atoms with Gasteiger partial charge in [0.15, 0.2) is 0 Å². The van der Waals surface area contributed by atoms with E-state index in [-0.39, 0.29) is 0 Å². The first-order chi connectivity index (χ1) is 8.72. The maximum absolute atomic E-state index is 5.39. The van der Waals surface area contributed by atoms with Gasteiger partial charge in [0.05, 0.1) is 0 Å². The molecule has 1 fully saturated rings. The third-order valence-corrected chi connectivity index (χ3v) is 3.75. The first kappa shape index (κ1) is 11.7. The molecule has 0 saturated heterocycles. The zero-order valence-corrected chi connectivity index (χ0v) is 11.2. The molecule has 3 rings (SSSR count). The maximum Gasteiger partial charge on any atom is 0.284 e. The van der Waals surface area contributed by atoms with Crippen molar-refractivity contribution in [2.45, 2.75) is 32.1 Å². The highest BCUT2D eigenvalue weighted by atomic mass is 32.1. The van der Waals surface area contributed by atoms with Crippen LogP contribution in [0.4, 0.5) is 0 Å². The van der Waals surface area contributed by atoms with Crippen LogP contribution in [0.15, 0.2) is 28.7 Å². The van der Waals surface area contributed by atoms with Crippen LogP contribution < -0.4 is 0 Å². The first-order valence-corrected chi connectivity index (χ1v) is 6.74. The van der Waals surface area contributed by atoms with Gasteiger partial charge in [-0.2, -0.15) is 0 Å². The van der Waals surface area contributed by atoms with E-state index in [1.165, 1.54) is 24.0 Å². The van der Waals surface area contributed by atoms with Gasteiger partial charge in [0.2, 0.25) is 5.89 Å². The van der Waals surface area contributed by atoms with E-state index in [4.69, 9.17) is 16.6 Å². The van der Waals surface area contributed by atoms with Crippen LogP contribution in [0.3, 0.4) is 0 Å². The van der Waals surface area contributed by atoms with E-state index in [1.807, 2.05) is 0 Å². The number of rotatable bonds is 4. The molecule has 1 heterocycles. The van der Waals surface area contributed by atoms with E-state index in [1.54, 1.807) is 0 Å². The van der Waals surface area contributed by atoms with E-state index in [0.29, 0.717) is 10.8 Å². The second-order valence-electron chi connectivity index (χ2n) is 5.07. The molecule has 1 aliphatic rings. The molecule has 1 unspecified atom stereocenters. The smallest absolute Gasteiger partial charge is 0.284 e. The summed E-state index contributed by atoms with van der Waals surface area (Å²) >= 11 is 4.92. The van der Waals surface area contributed by atoms with Crippen LogP contribution in [-0.2, 0) is 6.42 Å². The molecule has 18 heavy (non-hydrogen) atoms. The Bertz CT molecular complexity index is 580. The van der Waals surface area contributed by atoms with Crippen molar-refractivity contribution in [3.8, 4) is 0 Å². The van der Waals surface area contributed by atoms with Crippen molar-refractivity contribution in [1.82, 2.24) is 10.2 Å². The van der Waals surface area contributed by atoms with Gasteiger partial charge in [-0.15, -0.1) is 5.10 Å². The second kappa shape index (κ2) is 4.69. The van der Waals surface area contributed by atoms with Crippen LogP contribution in [-0.4, -0.2) is 10.2 Å². The molecule has 0 bridgehead atoms. The number of aromatic amines is 1. The molecule has 4 heteroatoms. The van der Waals surface area contributed by atoms with Crippen molar-refractivity contribution in [3.63, 3.8) is 0 Å². The van der Waals surface area contributed by atoms with Crippen LogP contribution in [0, 0.1) is 17.7 Å². The van der Waals surface area contributed by atoms with Crippen molar-refractivity contribution < 1.29 is 4.42 Å². The Morgan fingerprint density at radius 1 is 1.39 bits per heavy atom. The van der Waals surface area contributed by atoms with Crippen molar-refractivity contribution in [1.29, 1.82) is 0 Å². The van der Waals surface area contributed by atoms with E-state index >= 15 is 0 Å². The monoisotopic (exact) mass is 260 g/mol. The molecular weight excluding hydrogens is 244 g/mol. The summed E-state index contributed by atoms with van der Waals surface area (Å²) in [4.78, 5) is 0.364. The van der Waals surface area contributed by atoms with Gasteiger partial charge in [-0.05, 0) is 49.4 Å². The van der Waals surface area contributed by atoms with Gasteiger partial charge in [-0.1, -0.05) is 29.8 Å². The van der Waals surface area contributed by atoms with Crippen LogP contribution in [0.5, 0.6) is 0 Å². The molecule has 0 amide bonds. The second-order valence-corrected chi connectivity index (χ2v) is 5.44. The van der Waals surface area contributed by atoms with Crippen LogP contribution in [0.2, 0.25) is 0 Å². The maximum atomic E-state index is 5.39. The number of hydrogen-bond donors (Lipinski definition) is 1. The fourth-order valence-corrected chi connectivity index (χ4v) is 2.55. The van der Waals surface area contributed by atoms with E-state index in [0.717, 1.165) is 18.2 Å². The molecular formula is C14H16N2OS. The Labute approximate surface area is 111 Å². The summed E-state index contributed by atoms with van der Waals surface area (Å²) in [5.74, 6) is 2.00. The molecule has 1 N–H and O–H groups in total. The fourth-order valence-electron chi connectivity index (χ4n) is 2.41. The molecule has 94 valence electrons. The van der Waals surface area contributed by atoms with E-state index in [9.17, 15) is 0 Å². The average Bonchev–Trinajstić information content (AvgIpc) is 3.12. The van der Waals surface area contributed by atoms with Crippen molar-refractivity contribution in [2.24, 2.45) is 5.92 Å². The lowest BCUT2D eigenvalue weighted by atomic mass is 9.90. The highest BCUT2D eigenvalue weighted by Gasteiger charge is 2.33. The van der Waals surface area contributed by atoms with Crippen LogP contribution in [0.25, 0.3) is 0 Å². The first-order valence-electron chi connectivity index (χ1n) is 6.33. The zero-order valence-electron chi connectivity index (χ0n) is 10.3. The Morgan fingerprint density at radius 3 is 2.67 bits per heavy atom.